The first-order chi connectivity index (χ1) is 15.6. The third-order valence-corrected chi connectivity index (χ3v) is 8.04. The first-order valence-electron chi connectivity index (χ1n) is 10.5. The molecule has 4 rings (SSSR count). The second kappa shape index (κ2) is 8.89. The molecule has 10 heteroatoms. The number of rotatable bonds is 6. The fraction of sp³-hybridized carbons (Fsp3) is 0.304. The van der Waals surface area contributed by atoms with Gasteiger partial charge in [-0.15, -0.1) is 0 Å². The number of ketones is 1. The van der Waals surface area contributed by atoms with E-state index >= 15 is 0 Å². The molecule has 0 N–H and O–H groups in total. The second-order valence-corrected chi connectivity index (χ2v) is 10.4. The van der Waals surface area contributed by atoms with Gasteiger partial charge in [0.05, 0.1) is 16.5 Å². The number of hydrogen-bond donors (Lipinski definition) is 0. The minimum absolute atomic E-state index is 0.0109. The van der Waals surface area contributed by atoms with Gasteiger partial charge in [-0.3, -0.25) is 9.59 Å². The van der Waals surface area contributed by atoms with Gasteiger partial charge >= 0.3 is 0 Å². The fourth-order valence-electron chi connectivity index (χ4n) is 4.17. The van der Waals surface area contributed by atoms with Crippen molar-refractivity contribution in [2.45, 2.75) is 38.1 Å². The van der Waals surface area contributed by atoms with E-state index in [9.17, 15) is 22.4 Å². The highest BCUT2D eigenvalue weighted by Gasteiger charge is 2.28. The predicted octanol–water partition coefficient (Wildman–Crippen LogP) is 3.72. The van der Waals surface area contributed by atoms with Crippen LogP contribution in [0, 0.1) is 19.7 Å². The SMILES string of the molecule is Cc1cc(C(=O)Cn2cc(S(=O)(=O)N3CCCC3)ccc2=O)c(C)n1-c1ccc(F)c(Cl)c1. The number of aromatic nitrogens is 2. The van der Waals surface area contributed by atoms with Crippen LogP contribution in [0.15, 0.2) is 52.3 Å². The number of hydrogen-bond acceptors (Lipinski definition) is 4. The van der Waals surface area contributed by atoms with Crippen LogP contribution < -0.4 is 5.56 Å². The molecule has 1 aliphatic heterocycles. The maximum absolute atomic E-state index is 13.6. The van der Waals surface area contributed by atoms with Crippen LogP contribution in [0.4, 0.5) is 4.39 Å². The van der Waals surface area contributed by atoms with Crippen molar-refractivity contribution >= 4 is 27.4 Å². The average Bonchev–Trinajstić information content (AvgIpc) is 3.40. The molecule has 0 spiro atoms. The van der Waals surface area contributed by atoms with Gasteiger partial charge in [0.1, 0.15) is 5.82 Å². The lowest BCUT2D eigenvalue weighted by Crippen LogP contribution is -2.30. The van der Waals surface area contributed by atoms with Crippen molar-refractivity contribution in [2.75, 3.05) is 13.1 Å². The Morgan fingerprint density at radius 3 is 2.45 bits per heavy atom. The summed E-state index contributed by atoms with van der Waals surface area (Å²) in [7, 11) is -3.72. The van der Waals surface area contributed by atoms with Crippen LogP contribution in [0.3, 0.4) is 0 Å². The predicted molar refractivity (Wildman–Crippen MR) is 123 cm³/mol. The first-order valence-corrected chi connectivity index (χ1v) is 12.3. The van der Waals surface area contributed by atoms with E-state index in [4.69, 9.17) is 11.6 Å². The van der Waals surface area contributed by atoms with Gasteiger partial charge in [-0.05, 0) is 57.0 Å². The zero-order valence-corrected chi connectivity index (χ0v) is 19.8. The van der Waals surface area contributed by atoms with E-state index in [1.807, 2.05) is 0 Å². The van der Waals surface area contributed by atoms with E-state index < -0.39 is 21.4 Å². The largest absolute Gasteiger partial charge is 0.318 e. The zero-order chi connectivity index (χ0) is 23.9. The molecule has 0 saturated carbocycles. The van der Waals surface area contributed by atoms with Crippen molar-refractivity contribution in [2.24, 2.45) is 0 Å². The topological polar surface area (TPSA) is 81.4 Å². The summed E-state index contributed by atoms with van der Waals surface area (Å²) < 4.78 is 43.5. The molecule has 33 heavy (non-hydrogen) atoms. The van der Waals surface area contributed by atoms with Crippen LogP contribution in [0.2, 0.25) is 5.02 Å². The van der Waals surface area contributed by atoms with Crippen LogP contribution in [-0.2, 0) is 16.6 Å². The minimum Gasteiger partial charge on any atom is -0.318 e. The molecular formula is C23H23ClFN3O4S. The normalized spacial score (nSPS) is 14.7. The summed E-state index contributed by atoms with van der Waals surface area (Å²) in [4.78, 5) is 25.5. The second-order valence-electron chi connectivity index (χ2n) is 8.08. The Morgan fingerprint density at radius 1 is 1.09 bits per heavy atom. The van der Waals surface area contributed by atoms with Gasteiger partial charge in [-0.1, -0.05) is 11.6 Å². The number of Topliss-reactive ketones (excluding diaryl/α,β-unsaturated/α-hetero) is 1. The van der Waals surface area contributed by atoms with E-state index in [0.29, 0.717) is 30.0 Å². The molecule has 0 aliphatic carbocycles. The van der Waals surface area contributed by atoms with Gasteiger partial charge in [0, 0.05) is 48.0 Å². The van der Waals surface area contributed by atoms with Crippen LogP contribution in [0.1, 0.15) is 34.6 Å². The molecule has 0 unspecified atom stereocenters. The minimum atomic E-state index is -3.72. The Hall–Kier alpha value is -2.75. The highest BCUT2D eigenvalue weighted by molar-refractivity contribution is 7.89. The third-order valence-electron chi connectivity index (χ3n) is 5.87. The van der Waals surface area contributed by atoms with Crippen molar-refractivity contribution in [1.29, 1.82) is 0 Å². The molecule has 0 bridgehead atoms. The number of nitrogens with zero attached hydrogens (tertiary/aromatic N) is 3. The molecule has 3 aromatic rings. The van der Waals surface area contributed by atoms with E-state index in [0.717, 1.165) is 23.1 Å². The molecule has 0 radical (unpaired) electrons. The summed E-state index contributed by atoms with van der Waals surface area (Å²) in [5.41, 5.74) is 1.85. The molecule has 3 heterocycles. The van der Waals surface area contributed by atoms with E-state index in [1.165, 1.54) is 34.8 Å². The number of pyridine rings is 1. The first kappa shape index (κ1) is 23.4. The van der Waals surface area contributed by atoms with Gasteiger partial charge in [0.15, 0.2) is 5.78 Å². The number of carbonyl (C=O) groups excluding carboxylic acids is 1. The molecule has 2 aromatic heterocycles. The zero-order valence-electron chi connectivity index (χ0n) is 18.2. The van der Waals surface area contributed by atoms with Crippen molar-refractivity contribution in [3.8, 4) is 5.69 Å². The third kappa shape index (κ3) is 4.40. The van der Waals surface area contributed by atoms with Gasteiger partial charge in [-0.25, -0.2) is 12.8 Å². The molecule has 1 aliphatic rings. The van der Waals surface area contributed by atoms with E-state index in [1.54, 1.807) is 30.5 Å². The average molecular weight is 492 g/mol. The highest BCUT2D eigenvalue weighted by atomic mass is 35.5. The van der Waals surface area contributed by atoms with Gasteiger partial charge in [-0.2, -0.15) is 4.31 Å². The number of carbonyl (C=O) groups is 1. The molecule has 1 fully saturated rings. The molecule has 0 atom stereocenters. The molecule has 1 saturated heterocycles. The van der Waals surface area contributed by atoms with E-state index in [2.05, 4.69) is 0 Å². The van der Waals surface area contributed by atoms with Crippen LogP contribution in [0.25, 0.3) is 5.69 Å². The van der Waals surface area contributed by atoms with Crippen molar-refractivity contribution in [3.63, 3.8) is 0 Å². The lowest BCUT2D eigenvalue weighted by Gasteiger charge is -2.16. The van der Waals surface area contributed by atoms with Gasteiger partial charge < -0.3 is 9.13 Å². The summed E-state index contributed by atoms with van der Waals surface area (Å²) in [6, 6.07) is 8.42. The highest BCUT2D eigenvalue weighted by Crippen LogP contribution is 2.25. The lowest BCUT2D eigenvalue weighted by atomic mass is 10.1. The molecule has 7 nitrogen and oxygen atoms in total. The number of benzene rings is 1. The molecule has 0 amide bonds. The molecular weight excluding hydrogens is 469 g/mol. The fourth-order valence-corrected chi connectivity index (χ4v) is 5.88. The Labute approximate surface area is 196 Å². The van der Waals surface area contributed by atoms with Crippen LogP contribution in [0.5, 0.6) is 0 Å². The van der Waals surface area contributed by atoms with Crippen molar-refractivity contribution in [1.82, 2.24) is 13.4 Å². The monoisotopic (exact) mass is 491 g/mol. The number of sulfonamides is 1. The Kier molecular flexibility index (Phi) is 6.30. The van der Waals surface area contributed by atoms with E-state index in [-0.39, 0.29) is 22.2 Å². The van der Waals surface area contributed by atoms with Crippen molar-refractivity contribution in [3.05, 3.63) is 80.7 Å². The lowest BCUT2D eigenvalue weighted by molar-refractivity contribution is 0.0970. The molecule has 174 valence electrons. The number of halogens is 2. The van der Waals surface area contributed by atoms with Gasteiger partial charge in [0.2, 0.25) is 10.0 Å². The Bertz CT molecular complexity index is 1410. The smallest absolute Gasteiger partial charge is 0.251 e. The summed E-state index contributed by atoms with van der Waals surface area (Å²) in [6.07, 6.45) is 2.82. The molecule has 1 aromatic carbocycles. The summed E-state index contributed by atoms with van der Waals surface area (Å²) in [5, 5.41) is -0.0320. The summed E-state index contributed by atoms with van der Waals surface area (Å²) in [6.45, 7) is 4.13. The maximum Gasteiger partial charge on any atom is 0.251 e. The quantitative estimate of drug-likeness (QED) is 0.492. The summed E-state index contributed by atoms with van der Waals surface area (Å²) >= 11 is 5.92. The Morgan fingerprint density at radius 2 is 1.79 bits per heavy atom. The maximum atomic E-state index is 13.6. The van der Waals surface area contributed by atoms with Crippen LogP contribution in [-0.4, -0.2) is 40.7 Å². The van der Waals surface area contributed by atoms with Gasteiger partial charge in [0.25, 0.3) is 5.56 Å². The summed E-state index contributed by atoms with van der Waals surface area (Å²) in [5.74, 6) is -0.886. The standard InChI is InChI=1S/C23H23ClFN3O4S/c1-15-11-19(16(2)28(15)17-5-7-21(25)20(24)12-17)22(29)14-26-13-18(6-8-23(26)30)33(31,32)27-9-3-4-10-27/h5-8,11-13H,3-4,9-10,14H2,1-2H3. The number of aryl methyl sites for hydroxylation is 1. The Balaban J connectivity index is 1.65. The van der Waals surface area contributed by atoms with Crippen LogP contribution >= 0.6 is 11.6 Å². The van der Waals surface area contributed by atoms with Crippen molar-refractivity contribution < 1.29 is 17.6 Å².